The second-order valence-electron chi connectivity index (χ2n) is 6.04. The summed E-state index contributed by atoms with van der Waals surface area (Å²) >= 11 is 0. The third kappa shape index (κ3) is 3.90. The minimum atomic E-state index is -3.73. The third-order valence-electron chi connectivity index (χ3n) is 4.39. The number of piperazine rings is 1. The summed E-state index contributed by atoms with van der Waals surface area (Å²) in [7, 11) is -2.29. The van der Waals surface area contributed by atoms with Crippen molar-refractivity contribution in [1.82, 2.24) is 24.1 Å². The Balaban J connectivity index is 0.00000208. The lowest BCUT2D eigenvalue weighted by atomic mass is 10.2. The van der Waals surface area contributed by atoms with Crippen LogP contribution in [0, 0.1) is 0 Å². The van der Waals surface area contributed by atoms with Crippen molar-refractivity contribution in [3.63, 3.8) is 0 Å². The Kier molecular flexibility index (Phi) is 6.24. The van der Waals surface area contributed by atoms with E-state index < -0.39 is 10.0 Å². The van der Waals surface area contributed by atoms with Crippen LogP contribution in [0.2, 0.25) is 0 Å². The average Bonchev–Trinajstić information content (AvgIpc) is 3.00. The number of fused-ring (bicyclic) bond motifs is 1. The van der Waals surface area contributed by atoms with Gasteiger partial charge in [0, 0.05) is 52.4 Å². The molecule has 0 unspecified atom stereocenters. The first-order valence-corrected chi connectivity index (χ1v) is 9.43. The van der Waals surface area contributed by atoms with E-state index in [-0.39, 0.29) is 29.9 Å². The molecule has 0 spiro atoms. The van der Waals surface area contributed by atoms with E-state index in [0.29, 0.717) is 13.1 Å². The van der Waals surface area contributed by atoms with Crippen LogP contribution in [-0.4, -0.2) is 72.9 Å². The van der Waals surface area contributed by atoms with E-state index in [0.717, 1.165) is 49.0 Å². The van der Waals surface area contributed by atoms with E-state index in [1.165, 1.54) is 7.05 Å². The number of amides is 1. The highest BCUT2D eigenvalue weighted by Gasteiger charge is 2.29. The van der Waals surface area contributed by atoms with Crippen molar-refractivity contribution >= 4 is 28.3 Å². The molecule has 1 amide bonds. The molecule has 2 aliphatic rings. The van der Waals surface area contributed by atoms with Gasteiger partial charge in [0.1, 0.15) is 5.82 Å². The summed E-state index contributed by atoms with van der Waals surface area (Å²) in [6, 6.07) is 0. The summed E-state index contributed by atoms with van der Waals surface area (Å²) in [6.07, 6.45) is 4.47. The number of carbonyl (C=O) groups excluding carboxylic acids is 1. The van der Waals surface area contributed by atoms with Crippen LogP contribution in [0.1, 0.15) is 18.7 Å². The summed E-state index contributed by atoms with van der Waals surface area (Å²) in [5.41, 5.74) is 0. The number of rotatable bonds is 4. The molecule has 1 aromatic rings. The molecule has 1 fully saturated rings. The maximum atomic E-state index is 12.6. The first-order chi connectivity index (χ1) is 11.0. The molecule has 1 aromatic heterocycles. The van der Waals surface area contributed by atoms with Gasteiger partial charge in [0.2, 0.25) is 5.91 Å². The quantitative estimate of drug-likeness (QED) is 0.778. The Morgan fingerprint density at radius 1 is 1.29 bits per heavy atom. The molecule has 0 atom stereocenters. The molecule has 24 heavy (non-hydrogen) atoms. The second kappa shape index (κ2) is 7.81. The lowest BCUT2D eigenvalue weighted by Crippen LogP contribution is -2.49. The Bertz CT molecular complexity index is 661. The number of carbonyl (C=O) groups is 1. The topological polar surface area (TPSA) is 87.5 Å². The number of halogens is 1. The number of likely N-dealkylation sites (N-methyl/N-ethyl adjacent to an activating group) is 1. The fourth-order valence-corrected chi connectivity index (χ4v) is 4.04. The number of hydrogen-bond acceptors (Lipinski definition) is 5. The lowest BCUT2D eigenvalue weighted by Gasteiger charge is -2.28. The fourth-order valence-electron chi connectivity index (χ4n) is 2.96. The van der Waals surface area contributed by atoms with Crippen molar-refractivity contribution in [2.24, 2.45) is 0 Å². The fraction of sp³-hybridized carbons (Fsp3) is 0.714. The standard InChI is InChI=1S/C14H23N5O3S.ClH/c1-17(11-14(20)18-8-5-15-6-9-18)23(21,22)13-10-19-7-3-2-4-12(19)16-13;/h10,15H,2-9,11H2,1H3;1H. The van der Waals surface area contributed by atoms with E-state index in [1.807, 2.05) is 4.57 Å². The number of aromatic nitrogens is 2. The summed E-state index contributed by atoms with van der Waals surface area (Å²) in [4.78, 5) is 18.2. The third-order valence-corrected chi connectivity index (χ3v) is 6.06. The molecule has 0 radical (unpaired) electrons. The predicted molar refractivity (Wildman–Crippen MR) is 91.7 cm³/mol. The van der Waals surface area contributed by atoms with Crippen molar-refractivity contribution in [3.8, 4) is 0 Å². The molecular formula is C14H24ClN5O3S. The van der Waals surface area contributed by atoms with E-state index in [4.69, 9.17) is 0 Å². The zero-order valence-electron chi connectivity index (χ0n) is 13.8. The number of hydrogen-bond donors (Lipinski definition) is 1. The van der Waals surface area contributed by atoms with Crippen LogP contribution in [-0.2, 0) is 27.8 Å². The van der Waals surface area contributed by atoms with Gasteiger partial charge in [-0.25, -0.2) is 13.4 Å². The number of aryl methyl sites for hydroxylation is 2. The van der Waals surface area contributed by atoms with Crippen LogP contribution in [0.25, 0.3) is 0 Å². The van der Waals surface area contributed by atoms with Crippen LogP contribution in [0.5, 0.6) is 0 Å². The lowest BCUT2D eigenvalue weighted by molar-refractivity contribution is -0.131. The van der Waals surface area contributed by atoms with Crippen molar-refractivity contribution in [1.29, 1.82) is 0 Å². The summed E-state index contributed by atoms with van der Waals surface area (Å²) in [5.74, 6) is 0.651. The minimum Gasteiger partial charge on any atom is -0.339 e. The highest BCUT2D eigenvalue weighted by Crippen LogP contribution is 2.19. The number of nitrogens with one attached hydrogen (secondary N) is 1. The molecule has 0 aromatic carbocycles. The van der Waals surface area contributed by atoms with Gasteiger partial charge in [-0.1, -0.05) is 0 Å². The molecule has 136 valence electrons. The molecule has 3 rings (SSSR count). The van der Waals surface area contributed by atoms with Gasteiger partial charge < -0.3 is 14.8 Å². The van der Waals surface area contributed by atoms with Crippen LogP contribution in [0.15, 0.2) is 11.2 Å². The number of imidazole rings is 1. The summed E-state index contributed by atoms with van der Waals surface area (Å²) < 4.78 is 28.3. The highest BCUT2D eigenvalue weighted by atomic mass is 35.5. The van der Waals surface area contributed by atoms with Crippen molar-refractivity contribution in [2.45, 2.75) is 30.8 Å². The first-order valence-electron chi connectivity index (χ1n) is 7.99. The van der Waals surface area contributed by atoms with Crippen LogP contribution in [0.3, 0.4) is 0 Å². The Morgan fingerprint density at radius 2 is 2.00 bits per heavy atom. The van der Waals surface area contributed by atoms with Crippen LogP contribution < -0.4 is 5.32 Å². The Hall–Kier alpha value is -1.16. The molecule has 1 N–H and O–H groups in total. The van der Waals surface area contributed by atoms with Gasteiger partial charge in [-0.15, -0.1) is 12.4 Å². The zero-order valence-corrected chi connectivity index (χ0v) is 15.4. The molecule has 10 heteroatoms. The first kappa shape index (κ1) is 19.2. The molecule has 2 aliphatic heterocycles. The molecule has 1 saturated heterocycles. The van der Waals surface area contributed by atoms with Gasteiger partial charge in [-0.2, -0.15) is 4.31 Å². The van der Waals surface area contributed by atoms with Gasteiger partial charge in [0.25, 0.3) is 10.0 Å². The maximum absolute atomic E-state index is 12.6. The van der Waals surface area contributed by atoms with Gasteiger partial charge in [-0.3, -0.25) is 4.79 Å². The molecule has 3 heterocycles. The SMILES string of the molecule is CN(CC(=O)N1CCNCC1)S(=O)(=O)c1cn2c(n1)CCCC2.Cl. The van der Waals surface area contributed by atoms with E-state index in [2.05, 4.69) is 10.3 Å². The number of sulfonamides is 1. The van der Waals surface area contributed by atoms with Crippen LogP contribution >= 0.6 is 12.4 Å². The molecule has 0 saturated carbocycles. The zero-order chi connectivity index (χ0) is 16.4. The summed E-state index contributed by atoms with van der Waals surface area (Å²) in [6.45, 7) is 3.38. The molecule has 0 bridgehead atoms. The van der Waals surface area contributed by atoms with E-state index >= 15 is 0 Å². The average molecular weight is 378 g/mol. The normalized spacial score (nSPS) is 18.2. The minimum absolute atomic E-state index is 0. The van der Waals surface area contributed by atoms with E-state index in [1.54, 1.807) is 11.1 Å². The van der Waals surface area contributed by atoms with Crippen molar-refractivity contribution in [2.75, 3.05) is 39.8 Å². The van der Waals surface area contributed by atoms with Crippen LogP contribution in [0.4, 0.5) is 0 Å². The number of nitrogens with zero attached hydrogens (tertiary/aromatic N) is 4. The van der Waals surface area contributed by atoms with Gasteiger partial charge in [0.05, 0.1) is 6.54 Å². The molecular weight excluding hydrogens is 354 g/mol. The smallest absolute Gasteiger partial charge is 0.262 e. The molecule has 8 nitrogen and oxygen atoms in total. The van der Waals surface area contributed by atoms with Crippen molar-refractivity contribution < 1.29 is 13.2 Å². The largest absolute Gasteiger partial charge is 0.339 e. The van der Waals surface area contributed by atoms with Gasteiger partial charge in [-0.05, 0) is 12.8 Å². The van der Waals surface area contributed by atoms with E-state index in [9.17, 15) is 13.2 Å². The maximum Gasteiger partial charge on any atom is 0.262 e. The second-order valence-corrected chi connectivity index (χ2v) is 8.03. The van der Waals surface area contributed by atoms with Gasteiger partial charge >= 0.3 is 0 Å². The van der Waals surface area contributed by atoms with Gasteiger partial charge in [0.15, 0.2) is 5.03 Å². The summed E-state index contributed by atoms with van der Waals surface area (Å²) in [5, 5.41) is 3.21. The highest BCUT2D eigenvalue weighted by molar-refractivity contribution is 7.89. The Morgan fingerprint density at radius 3 is 2.67 bits per heavy atom. The predicted octanol–water partition coefficient (Wildman–Crippen LogP) is -0.306. The van der Waals surface area contributed by atoms with Crippen molar-refractivity contribution in [3.05, 3.63) is 12.0 Å². The monoisotopic (exact) mass is 377 g/mol. The molecule has 0 aliphatic carbocycles. The Labute approximate surface area is 148 Å².